The summed E-state index contributed by atoms with van der Waals surface area (Å²) in [7, 11) is 0. The molecular formula is C22H14BrFN2O2. The first-order valence-electron chi connectivity index (χ1n) is 8.47. The monoisotopic (exact) mass is 436 g/mol. The molecule has 2 N–H and O–H groups in total. The number of hydrogen-bond donors (Lipinski definition) is 2. The molecule has 3 aromatic carbocycles. The Bertz CT molecular complexity index is 1150. The minimum absolute atomic E-state index is 0.208. The Hall–Kier alpha value is -3.25. The number of aromatic carboxylic acids is 1. The molecule has 0 aliphatic carbocycles. The summed E-state index contributed by atoms with van der Waals surface area (Å²) < 4.78 is 14.3. The lowest BCUT2D eigenvalue weighted by Crippen LogP contribution is -1.95. The molecule has 0 aliphatic heterocycles. The summed E-state index contributed by atoms with van der Waals surface area (Å²) in [6.07, 6.45) is 0. The van der Waals surface area contributed by atoms with E-state index >= 15 is 0 Å². The van der Waals surface area contributed by atoms with Gasteiger partial charge in [-0.2, -0.15) is 0 Å². The molecule has 0 aliphatic rings. The van der Waals surface area contributed by atoms with Crippen molar-refractivity contribution in [1.82, 2.24) is 9.97 Å². The van der Waals surface area contributed by atoms with E-state index in [9.17, 15) is 9.18 Å². The Morgan fingerprint density at radius 3 is 2.21 bits per heavy atom. The number of halogens is 2. The van der Waals surface area contributed by atoms with Crippen LogP contribution in [0.4, 0.5) is 4.39 Å². The average Bonchev–Trinajstić information content (AvgIpc) is 3.14. The van der Waals surface area contributed by atoms with Gasteiger partial charge in [0.1, 0.15) is 11.6 Å². The van der Waals surface area contributed by atoms with Gasteiger partial charge in [0, 0.05) is 21.2 Å². The second kappa shape index (κ2) is 7.40. The maximum Gasteiger partial charge on any atom is 0.335 e. The Labute approximate surface area is 168 Å². The molecule has 4 nitrogen and oxygen atoms in total. The van der Waals surface area contributed by atoms with Gasteiger partial charge in [-0.3, -0.25) is 0 Å². The van der Waals surface area contributed by atoms with Crippen molar-refractivity contribution in [1.29, 1.82) is 0 Å². The van der Waals surface area contributed by atoms with Crippen LogP contribution in [0, 0.1) is 5.82 Å². The first-order valence-corrected chi connectivity index (χ1v) is 9.27. The maximum absolute atomic E-state index is 13.4. The number of carboxylic acid groups (broad SMARTS) is 1. The summed E-state index contributed by atoms with van der Waals surface area (Å²) in [6, 6.07) is 20.4. The van der Waals surface area contributed by atoms with Crippen molar-refractivity contribution < 1.29 is 14.3 Å². The van der Waals surface area contributed by atoms with Gasteiger partial charge in [-0.25, -0.2) is 14.2 Å². The number of H-pyrrole nitrogens is 1. The number of aromatic amines is 1. The van der Waals surface area contributed by atoms with Gasteiger partial charge in [-0.15, -0.1) is 0 Å². The second-order valence-electron chi connectivity index (χ2n) is 6.18. The van der Waals surface area contributed by atoms with Crippen molar-refractivity contribution in [2.75, 3.05) is 0 Å². The van der Waals surface area contributed by atoms with Gasteiger partial charge in [0.15, 0.2) is 0 Å². The lowest BCUT2D eigenvalue weighted by atomic mass is 10.1. The summed E-state index contributed by atoms with van der Waals surface area (Å²) in [4.78, 5) is 19.1. The zero-order valence-corrected chi connectivity index (χ0v) is 16.1. The minimum Gasteiger partial charge on any atom is -0.478 e. The van der Waals surface area contributed by atoms with Crippen molar-refractivity contribution in [3.05, 3.63) is 88.6 Å². The van der Waals surface area contributed by atoms with E-state index in [0.717, 1.165) is 26.9 Å². The number of benzene rings is 3. The quantitative estimate of drug-likeness (QED) is 0.411. The molecule has 138 valence electrons. The standard InChI is InChI=1S/C22H14BrFN2O2/c23-18-4-2-1-3-17(18)20-19(13-9-11-16(24)12-10-13)25-21(26-20)14-5-7-15(8-6-14)22(27)28/h1-12H,(H,25,26)(H,27,28). The molecule has 0 amide bonds. The normalized spacial score (nSPS) is 10.8. The lowest BCUT2D eigenvalue weighted by Gasteiger charge is -2.05. The van der Waals surface area contributed by atoms with Crippen LogP contribution in [0.2, 0.25) is 0 Å². The molecule has 0 atom stereocenters. The van der Waals surface area contributed by atoms with Crippen LogP contribution in [0.1, 0.15) is 10.4 Å². The summed E-state index contributed by atoms with van der Waals surface area (Å²) in [6.45, 7) is 0. The molecule has 4 rings (SSSR count). The van der Waals surface area contributed by atoms with Crippen LogP contribution >= 0.6 is 15.9 Å². The SMILES string of the molecule is O=C(O)c1ccc(-c2nc(-c3ccc(F)cc3)c(-c3ccccc3Br)[nH]2)cc1. The summed E-state index contributed by atoms with van der Waals surface area (Å²) in [5.41, 5.74) is 4.13. The smallest absolute Gasteiger partial charge is 0.335 e. The fourth-order valence-electron chi connectivity index (χ4n) is 2.96. The molecule has 6 heteroatoms. The Kier molecular flexibility index (Phi) is 4.79. The third kappa shape index (κ3) is 3.46. The van der Waals surface area contributed by atoms with E-state index in [-0.39, 0.29) is 11.4 Å². The van der Waals surface area contributed by atoms with E-state index in [1.807, 2.05) is 24.3 Å². The van der Waals surface area contributed by atoms with Crippen LogP contribution in [0.25, 0.3) is 33.9 Å². The molecule has 0 unspecified atom stereocenters. The first-order chi connectivity index (χ1) is 13.5. The van der Waals surface area contributed by atoms with Gasteiger partial charge >= 0.3 is 5.97 Å². The number of carboxylic acids is 1. The van der Waals surface area contributed by atoms with Crippen LogP contribution in [0.15, 0.2) is 77.3 Å². The number of aromatic nitrogens is 2. The van der Waals surface area contributed by atoms with Gasteiger partial charge in [-0.1, -0.05) is 46.3 Å². The van der Waals surface area contributed by atoms with Crippen molar-refractivity contribution >= 4 is 21.9 Å². The molecule has 4 aromatic rings. The Morgan fingerprint density at radius 1 is 0.929 bits per heavy atom. The summed E-state index contributed by atoms with van der Waals surface area (Å²) in [5, 5.41) is 9.09. The molecule has 0 bridgehead atoms. The summed E-state index contributed by atoms with van der Waals surface area (Å²) in [5.74, 6) is -0.694. The van der Waals surface area contributed by atoms with Gasteiger partial charge in [0.25, 0.3) is 0 Å². The number of imidazole rings is 1. The number of carbonyl (C=O) groups is 1. The minimum atomic E-state index is -0.980. The van der Waals surface area contributed by atoms with E-state index in [2.05, 4.69) is 20.9 Å². The highest BCUT2D eigenvalue weighted by molar-refractivity contribution is 9.10. The highest BCUT2D eigenvalue weighted by atomic mass is 79.9. The van der Waals surface area contributed by atoms with Crippen molar-refractivity contribution in [3.8, 4) is 33.9 Å². The number of hydrogen-bond acceptors (Lipinski definition) is 2. The van der Waals surface area contributed by atoms with Crippen LogP contribution in [0.5, 0.6) is 0 Å². The van der Waals surface area contributed by atoms with Crippen molar-refractivity contribution in [2.45, 2.75) is 0 Å². The molecule has 0 radical (unpaired) electrons. The number of nitrogens with zero attached hydrogens (tertiary/aromatic N) is 1. The second-order valence-corrected chi connectivity index (χ2v) is 7.03. The Morgan fingerprint density at radius 2 is 1.57 bits per heavy atom. The molecule has 0 fully saturated rings. The molecule has 1 heterocycles. The highest BCUT2D eigenvalue weighted by Gasteiger charge is 2.17. The van der Waals surface area contributed by atoms with Crippen molar-refractivity contribution in [2.24, 2.45) is 0 Å². The van der Waals surface area contributed by atoms with Crippen LogP contribution < -0.4 is 0 Å². The van der Waals surface area contributed by atoms with Crippen LogP contribution in [0.3, 0.4) is 0 Å². The van der Waals surface area contributed by atoms with E-state index in [1.165, 1.54) is 24.3 Å². The third-order valence-corrected chi connectivity index (χ3v) is 5.06. The van der Waals surface area contributed by atoms with E-state index in [1.54, 1.807) is 24.3 Å². The fraction of sp³-hybridized carbons (Fsp3) is 0. The zero-order valence-electron chi connectivity index (χ0n) is 14.5. The number of rotatable bonds is 4. The highest BCUT2D eigenvalue weighted by Crippen LogP contribution is 2.36. The predicted octanol–water partition coefficient (Wildman–Crippen LogP) is 6.01. The van der Waals surface area contributed by atoms with Gasteiger partial charge in [0.2, 0.25) is 0 Å². The van der Waals surface area contributed by atoms with Gasteiger partial charge in [0.05, 0.1) is 17.0 Å². The molecule has 0 saturated carbocycles. The topological polar surface area (TPSA) is 66.0 Å². The predicted molar refractivity (Wildman–Crippen MR) is 110 cm³/mol. The average molecular weight is 437 g/mol. The van der Waals surface area contributed by atoms with Crippen LogP contribution in [-0.2, 0) is 0 Å². The molecule has 28 heavy (non-hydrogen) atoms. The van der Waals surface area contributed by atoms with Crippen LogP contribution in [-0.4, -0.2) is 21.0 Å². The van der Waals surface area contributed by atoms with E-state index in [0.29, 0.717) is 11.5 Å². The fourth-order valence-corrected chi connectivity index (χ4v) is 3.44. The largest absolute Gasteiger partial charge is 0.478 e. The zero-order chi connectivity index (χ0) is 19.7. The third-order valence-electron chi connectivity index (χ3n) is 4.37. The molecule has 0 spiro atoms. The van der Waals surface area contributed by atoms with Gasteiger partial charge < -0.3 is 10.1 Å². The van der Waals surface area contributed by atoms with Gasteiger partial charge in [-0.05, 0) is 42.5 Å². The molecular weight excluding hydrogens is 423 g/mol. The van der Waals surface area contributed by atoms with E-state index < -0.39 is 5.97 Å². The maximum atomic E-state index is 13.4. The molecule has 1 aromatic heterocycles. The Balaban J connectivity index is 1.88. The first kappa shape index (κ1) is 18.1. The number of nitrogens with one attached hydrogen (secondary N) is 1. The lowest BCUT2D eigenvalue weighted by molar-refractivity contribution is 0.0697. The van der Waals surface area contributed by atoms with Crippen molar-refractivity contribution in [3.63, 3.8) is 0 Å². The van der Waals surface area contributed by atoms with E-state index in [4.69, 9.17) is 10.1 Å². The molecule has 0 saturated heterocycles. The summed E-state index contributed by atoms with van der Waals surface area (Å²) >= 11 is 3.57.